The topological polar surface area (TPSA) is 63.7 Å². The van der Waals surface area contributed by atoms with Gasteiger partial charge in [0.05, 0.1) is 18.3 Å². The molecule has 4 aliphatic rings. The minimum Gasteiger partial charge on any atom is -0.461 e. The lowest BCUT2D eigenvalue weighted by Crippen LogP contribution is -2.57. The van der Waals surface area contributed by atoms with Crippen molar-refractivity contribution in [2.45, 2.75) is 22.8 Å². The summed E-state index contributed by atoms with van der Waals surface area (Å²) >= 11 is 26.8. The molecule has 2 bridgehead atoms. The molecule has 1 aliphatic heterocycles. The number of ether oxygens (including phenoxy) is 1. The van der Waals surface area contributed by atoms with E-state index in [1.54, 1.807) is 18.2 Å². The number of alkyl halides is 2. The molecule has 37 heavy (non-hydrogen) atoms. The van der Waals surface area contributed by atoms with Gasteiger partial charge in [-0.25, -0.2) is 0 Å². The van der Waals surface area contributed by atoms with Crippen molar-refractivity contribution in [1.29, 1.82) is 0 Å². The van der Waals surface area contributed by atoms with Crippen LogP contribution in [-0.2, 0) is 35.5 Å². The van der Waals surface area contributed by atoms with Gasteiger partial charge in [-0.3, -0.25) is 19.3 Å². The van der Waals surface area contributed by atoms with Crippen molar-refractivity contribution in [2.24, 2.45) is 11.8 Å². The first kappa shape index (κ1) is 24.7. The van der Waals surface area contributed by atoms with E-state index in [-0.39, 0.29) is 19.6 Å². The Hall–Kier alpha value is -2.57. The molecule has 3 aliphatic carbocycles. The standard InChI is InChI=1S/C28H19Cl4NO4/c29-16-10-9-15(21(30)13-16)14-37-22(34)11-12-33-25(35)23-24(26(33)36)28(32)18-6-2-1-5-17(18)27(23,31)19-7-3-4-8-20(19)28/h1-10,13,23-24H,11-12,14H2/t23-,24+,27?,28?. The van der Waals surface area contributed by atoms with Crippen molar-refractivity contribution < 1.29 is 19.1 Å². The Kier molecular flexibility index (Phi) is 5.85. The van der Waals surface area contributed by atoms with Crippen molar-refractivity contribution in [3.8, 4) is 0 Å². The van der Waals surface area contributed by atoms with E-state index in [4.69, 9.17) is 51.1 Å². The molecule has 1 fully saturated rings. The lowest BCUT2D eigenvalue weighted by molar-refractivity contribution is -0.146. The number of hydrogen-bond acceptors (Lipinski definition) is 4. The summed E-state index contributed by atoms with van der Waals surface area (Å²) in [5, 5.41) is 0.851. The van der Waals surface area contributed by atoms with Crippen molar-refractivity contribution in [1.82, 2.24) is 4.90 Å². The van der Waals surface area contributed by atoms with Crippen LogP contribution < -0.4 is 0 Å². The van der Waals surface area contributed by atoms with Gasteiger partial charge in [-0.15, -0.1) is 23.2 Å². The molecule has 2 amide bonds. The summed E-state index contributed by atoms with van der Waals surface area (Å²) in [6, 6.07) is 19.7. The fourth-order valence-corrected chi connectivity index (χ4v) is 7.58. The molecular formula is C28H19Cl4NO4. The Morgan fingerprint density at radius 3 is 1.76 bits per heavy atom. The second-order valence-electron chi connectivity index (χ2n) is 9.44. The average Bonchev–Trinajstić information content (AvgIpc) is 3.16. The number of esters is 1. The van der Waals surface area contributed by atoms with Crippen LogP contribution in [0, 0.1) is 11.8 Å². The Morgan fingerprint density at radius 1 is 0.811 bits per heavy atom. The number of amides is 2. The van der Waals surface area contributed by atoms with Crippen LogP contribution in [0.3, 0.4) is 0 Å². The van der Waals surface area contributed by atoms with Crippen molar-refractivity contribution in [3.05, 3.63) is 105 Å². The van der Waals surface area contributed by atoms with E-state index in [0.717, 1.165) is 27.2 Å². The van der Waals surface area contributed by atoms with E-state index in [0.29, 0.717) is 15.6 Å². The largest absolute Gasteiger partial charge is 0.461 e. The second kappa shape index (κ2) is 8.74. The monoisotopic (exact) mass is 573 g/mol. The van der Waals surface area contributed by atoms with Gasteiger partial charge in [0.25, 0.3) is 0 Å². The lowest BCUT2D eigenvalue weighted by Gasteiger charge is -2.54. The number of nitrogens with zero attached hydrogens (tertiary/aromatic N) is 1. The number of hydrogen-bond donors (Lipinski definition) is 0. The van der Waals surface area contributed by atoms with Gasteiger partial charge >= 0.3 is 5.97 Å². The zero-order chi connectivity index (χ0) is 26.1. The van der Waals surface area contributed by atoms with Crippen LogP contribution in [0.25, 0.3) is 0 Å². The van der Waals surface area contributed by atoms with E-state index in [2.05, 4.69) is 0 Å². The SMILES string of the molecule is O=C(CCN1C(=O)[C@@H]2[C@H](C1=O)C1(Cl)c3ccccc3C2(Cl)c2ccccc21)OCc1ccc(Cl)cc1Cl. The molecule has 7 rings (SSSR count). The van der Waals surface area contributed by atoms with Gasteiger partial charge in [-0.1, -0.05) is 77.8 Å². The third kappa shape index (κ3) is 3.41. The van der Waals surface area contributed by atoms with Gasteiger partial charge in [0.2, 0.25) is 11.8 Å². The van der Waals surface area contributed by atoms with E-state index in [1.165, 1.54) is 0 Å². The van der Waals surface area contributed by atoms with Gasteiger partial charge < -0.3 is 4.74 Å². The van der Waals surface area contributed by atoms with E-state index >= 15 is 0 Å². The second-order valence-corrected chi connectivity index (χ2v) is 11.5. The third-order valence-corrected chi connectivity index (χ3v) is 9.49. The van der Waals surface area contributed by atoms with E-state index < -0.39 is 39.4 Å². The van der Waals surface area contributed by atoms with Crippen LogP contribution in [0.4, 0.5) is 0 Å². The molecule has 1 heterocycles. The molecule has 0 radical (unpaired) electrons. The number of carbonyl (C=O) groups excluding carboxylic acids is 3. The molecule has 3 aromatic rings. The molecule has 0 aromatic heterocycles. The third-order valence-electron chi connectivity index (χ3n) is 7.62. The molecule has 9 heteroatoms. The van der Waals surface area contributed by atoms with Gasteiger partial charge in [0.1, 0.15) is 16.4 Å². The summed E-state index contributed by atoms with van der Waals surface area (Å²) in [6.45, 7) is -0.188. The summed E-state index contributed by atoms with van der Waals surface area (Å²) in [5.74, 6) is -3.24. The first-order valence-corrected chi connectivity index (χ1v) is 13.2. The van der Waals surface area contributed by atoms with Crippen LogP contribution in [-0.4, -0.2) is 29.2 Å². The molecule has 1 saturated heterocycles. The van der Waals surface area contributed by atoms with Gasteiger partial charge in [0, 0.05) is 22.2 Å². The fourth-order valence-electron chi connectivity index (χ4n) is 6.02. The molecule has 0 saturated carbocycles. The first-order valence-electron chi connectivity index (χ1n) is 11.7. The number of rotatable bonds is 5. The van der Waals surface area contributed by atoms with Crippen LogP contribution in [0.5, 0.6) is 0 Å². The van der Waals surface area contributed by atoms with Gasteiger partial charge in [-0.2, -0.15) is 0 Å². The van der Waals surface area contributed by atoms with Crippen molar-refractivity contribution in [2.75, 3.05) is 6.54 Å². The maximum Gasteiger partial charge on any atom is 0.307 e. The Labute approximate surface area is 233 Å². The minimum atomic E-state index is -1.25. The molecule has 0 unspecified atom stereocenters. The van der Waals surface area contributed by atoms with Gasteiger partial charge in [-0.05, 0) is 34.4 Å². The molecule has 5 nitrogen and oxygen atoms in total. The van der Waals surface area contributed by atoms with E-state index in [1.807, 2.05) is 48.5 Å². The molecular weight excluding hydrogens is 556 g/mol. The predicted molar refractivity (Wildman–Crippen MR) is 141 cm³/mol. The number of halogens is 4. The highest BCUT2D eigenvalue weighted by Gasteiger charge is 2.72. The summed E-state index contributed by atoms with van der Waals surface area (Å²) in [4.78, 5) is 38.6. The van der Waals surface area contributed by atoms with Crippen molar-refractivity contribution >= 4 is 64.2 Å². The fraction of sp³-hybridized carbons (Fsp3) is 0.250. The number of likely N-dealkylation sites (tertiary alicyclic amines) is 1. The first-order chi connectivity index (χ1) is 17.7. The Bertz CT molecular complexity index is 1370. The van der Waals surface area contributed by atoms with Crippen LogP contribution in [0.2, 0.25) is 10.0 Å². The quantitative estimate of drug-likeness (QED) is 0.212. The maximum atomic E-state index is 13.8. The van der Waals surface area contributed by atoms with Crippen LogP contribution in [0.15, 0.2) is 66.7 Å². The Morgan fingerprint density at radius 2 is 1.30 bits per heavy atom. The highest BCUT2D eigenvalue weighted by Crippen LogP contribution is 2.69. The summed E-state index contributed by atoms with van der Waals surface area (Å²) in [6.07, 6.45) is -0.174. The predicted octanol–water partition coefficient (Wildman–Crippen LogP) is 6.02. The average molecular weight is 575 g/mol. The minimum absolute atomic E-state index is 0.0534. The molecule has 188 valence electrons. The normalized spacial score (nSPS) is 27.1. The van der Waals surface area contributed by atoms with Crippen LogP contribution >= 0.6 is 46.4 Å². The highest BCUT2D eigenvalue weighted by molar-refractivity contribution is 6.36. The lowest BCUT2D eigenvalue weighted by atomic mass is 9.54. The molecule has 0 spiro atoms. The number of imide groups is 1. The van der Waals surface area contributed by atoms with Crippen molar-refractivity contribution in [3.63, 3.8) is 0 Å². The molecule has 0 N–H and O–H groups in total. The smallest absolute Gasteiger partial charge is 0.307 e. The number of carbonyl (C=O) groups is 3. The molecule has 3 aromatic carbocycles. The maximum absolute atomic E-state index is 13.8. The summed E-state index contributed by atoms with van der Waals surface area (Å²) in [5.41, 5.74) is 3.52. The summed E-state index contributed by atoms with van der Waals surface area (Å²) in [7, 11) is 0. The zero-order valence-electron chi connectivity index (χ0n) is 19.2. The summed E-state index contributed by atoms with van der Waals surface area (Å²) < 4.78 is 5.33. The van der Waals surface area contributed by atoms with Crippen LogP contribution in [0.1, 0.15) is 34.2 Å². The van der Waals surface area contributed by atoms with E-state index in [9.17, 15) is 14.4 Å². The van der Waals surface area contributed by atoms with Gasteiger partial charge in [0.15, 0.2) is 0 Å². The number of benzene rings is 3. The highest BCUT2D eigenvalue weighted by atomic mass is 35.5. The Balaban J connectivity index is 1.27. The molecule has 2 atom stereocenters. The zero-order valence-corrected chi connectivity index (χ0v) is 22.2.